The summed E-state index contributed by atoms with van der Waals surface area (Å²) in [6.45, 7) is 4.36. The monoisotopic (exact) mass is 358 g/mol. The van der Waals surface area contributed by atoms with E-state index >= 15 is 0 Å². The fourth-order valence-corrected chi connectivity index (χ4v) is 2.81. The third-order valence-electron chi connectivity index (χ3n) is 3.97. The number of aromatic amines is 1. The molecule has 0 amide bonds. The molecule has 132 valence electrons. The molecular formula is C18H22N4O2S. The van der Waals surface area contributed by atoms with E-state index in [2.05, 4.69) is 22.5 Å². The lowest BCUT2D eigenvalue weighted by molar-refractivity contribution is 0.199. The largest absolute Gasteiger partial charge is 0.459 e. The van der Waals surface area contributed by atoms with Crippen LogP contribution in [0.15, 0.2) is 40.8 Å². The average Bonchev–Trinajstić information content (AvgIpc) is 3.21. The molecule has 0 aliphatic heterocycles. The van der Waals surface area contributed by atoms with Gasteiger partial charge in [0.05, 0.1) is 12.6 Å². The molecule has 1 aromatic carbocycles. The highest BCUT2D eigenvalue weighted by Gasteiger charge is 2.08. The Bertz CT molecular complexity index is 877. The second kappa shape index (κ2) is 7.67. The molecule has 2 aromatic heterocycles. The minimum absolute atomic E-state index is 0.470. The van der Waals surface area contributed by atoms with E-state index in [1.54, 1.807) is 11.6 Å². The van der Waals surface area contributed by atoms with Gasteiger partial charge in [-0.05, 0) is 43.3 Å². The van der Waals surface area contributed by atoms with Gasteiger partial charge in [-0.15, -0.1) is 0 Å². The van der Waals surface area contributed by atoms with Gasteiger partial charge in [0, 0.05) is 12.0 Å². The summed E-state index contributed by atoms with van der Waals surface area (Å²) >= 11 is 5.25. The van der Waals surface area contributed by atoms with E-state index < -0.39 is 6.10 Å². The number of nitrogens with one attached hydrogen (secondary N) is 2. The summed E-state index contributed by atoms with van der Waals surface area (Å²) in [7, 11) is 0. The van der Waals surface area contributed by atoms with Crippen LogP contribution in [0.4, 0.5) is 0 Å². The zero-order valence-corrected chi connectivity index (χ0v) is 15.1. The van der Waals surface area contributed by atoms with Crippen LogP contribution in [-0.2, 0) is 13.0 Å². The van der Waals surface area contributed by atoms with Crippen molar-refractivity contribution in [3.63, 3.8) is 0 Å². The predicted molar refractivity (Wildman–Crippen MR) is 99.2 cm³/mol. The molecule has 0 bridgehead atoms. The van der Waals surface area contributed by atoms with E-state index in [1.807, 2.05) is 36.4 Å². The first-order valence-electron chi connectivity index (χ1n) is 8.35. The Kier molecular flexibility index (Phi) is 5.35. The molecule has 2 heterocycles. The first kappa shape index (κ1) is 17.4. The predicted octanol–water partition coefficient (Wildman–Crippen LogP) is 3.95. The third kappa shape index (κ3) is 4.00. The minimum Gasteiger partial charge on any atom is -0.459 e. The number of aryl methyl sites for hydroxylation is 1. The van der Waals surface area contributed by atoms with Gasteiger partial charge in [-0.2, -0.15) is 5.10 Å². The highest BCUT2D eigenvalue weighted by Crippen LogP contribution is 2.24. The van der Waals surface area contributed by atoms with Gasteiger partial charge in [-0.25, -0.2) is 4.68 Å². The number of aliphatic hydroxyl groups excluding tert-OH is 1. The molecule has 0 spiro atoms. The minimum atomic E-state index is -0.470. The normalized spacial score (nSPS) is 12.3. The average molecular weight is 358 g/mol. The van der Waals surface area contributed by atoms with Crippen LogP contribution in [0.25, 0.3) is 11.3 Å². The molecule has 0 saturated heterocycles. The number of hydrogen-bond donors (Lipinski definition) is 3. The lowest BCUT2D eigenvalue weighted by Crippen LogP contribution is -2.17. The molecule has 3 N–H and O–H groups in total. The Labute approximate surface area is 151 Å². The van der Waals surface area contributed by atoms with Gasteiger partial charge in [0.25, 0.3) is 0 Å². The van der Waals surface area contributed by atoms with E-state index in [1.165, 1.54) is 0 Å². The quantitative estimate of drug-likeness (QED) is 0.557. The van der Waals surface area contributed by atoms with Crippen LogP contribution in [0.1, 0.15) is 43.5 Å². The maximum absolute atomic E-state index is 9.58. The Hall–Kier alpha value is -2.38. The number of nitrogens with zero attached hydrogens (tertiary/aromatic N) is 2. The van der Waals surface area contributed by atoms with Crippen molar-refractivity contribution in [3.05, 3.63) is 58.3 Å². The van der Waals surface area contributed by atoms with Crippen molar-refractivity contribution in [2.24, 2.45) is 0 Å². The van der Waals surface area contributed by atoms with Crippen molar-refractivity contribution in [1.29, 1.82) is 0 Å². The lowest BCUT2D eigenvalue weighted by Gasteiger charge is -2.08. The SMILES string of the molecule is CCCc1n[nH]c(=S)n1NCc1ccc(-c2ccc([C@@H](C)O)cc2)o1. The molecule has 0 unspecified atom stereocenters. The van der Waals surface area contributed by atoms with Gasteiger partial charge in [0.2, 0.25) is 4.77 Å². The number of furan rings is 1. The van der Waals surface area contributed by atoms with Crippen molar-refractivity contribution in [2.45, 2.75) is 39.3 Å². The molecule has 0 fully saturated rings. The van der Waals surface area contributed by atoms with Gasteiger partial charge in [0.15, 0.2) is 5.82 Å². The summed E-state index contributed by atoms with van der Waals surface area (Å²) in [5.74, 6) is 2.48. The summed E-state index contributed by atoms with van der Waals surface area (Å²) in [5, 5.41) is 16.6. The number of benzene rings is 1. The summed E-state index contributed by atoms with van der Waals surface area (Å²) < 4.78 is 8.24. The van der Waals surface area contributed by atoms with Crippen LogP contribution in [0.5, 0.6) is 0 Å². The van der Waals surface area contributed by atoms with Crippen molar-refractivity contribution < 1.29 is 9.52 Å². The fraction of sp³-hybridized carbons (Fsp3) is 0.333. The molecule has 0 aliphatic rings. The number of aliphatic hydroxyl groups is 1. The maximum atomic E-state index is 9.58. The van der Waals surface area contributed by atoms with Crippen LogP contribution >= 0.6 is 12.2 Å². The Morgan fingerprint density at radius 1 is 1.28 bits per heavy atom. The topological polar surface area (TPSA) is 79.0 Å². The van der Waals surface area contributed by atoms with Crippen LogP contribution in [0, 0.1) is 4.77 Å². The molecule has 7 heteroatoms. The molecule has 3 aromatic rings. The van der Waals surface area contributed by atoms with E-state index in [-0.39, 0.29) is 0 Å². The molecule has 25 heavy (non-hydrogen) atoms. The molecule has 0 saturated carbocycles. The van der Waals surface area contributed by atoms with Crippen LogP contribution in [-0.4, -0.2) is 20.0 Å². The van der Waals surface area contributed by atoms with Crippen molar-refractivity contribution >= 4 is 12.2 Å². The second-order valence-electron chi connectivity index (χ2n) is 5.93. The zero-order valence-electron chi connectivity index (χ0n) is 14.3. The first-order chi connectivity index (χ1) is 12.1. The van der Waals surface area contributed by atoms with Gasteiger partial charge in [-0.3, -0.25) is 5.10 Å². The molecule has 1 atom stereocenters. The Morgan fingerprint density at radius 3 is 2.72 bits per heavy atom. The van der Waals surface area contributed by atoms with E-state index in [0.717, 1.165) is 41.3 Å². The molecule has 0 aliphatic carbocycles. The van der Waals surface area contributed by atoms with Crippen LogP contribution in [0.3, 0.4) is 0 Å². The molecule has 6 nitrogen and oxygen atoms in total. The van der Waals surface area contributed by atoms with E-state index in [4.69, 9.17) is 16.6 Å². The number of H-pyrrole nitrogens is 1. The van der Waals surface area contributed by atoms with Crippen molar-refractivity contribution in [3.8, 4) is 11.3 Å². The van der Waals surface area contributed by atoms with Gasteiger partial charge < -0.3 is 14.9 Å². The molecule has 3 rings (SSSR count). The lowest BCUT2D eigenvalue weighted by atomic mass is 10.1. The summed E-state index contributed by atoms with van der Waals surface area (Å²) in [6.07, 6.45) is 1.37. The number of rotatable bonds is 7. The van der Waals surface area contributed by atoms with Gasteiger partial charge >= 0.3 is 0 Å². The maximum Gasteiger partial charge on any atom is 0.214 e. The van der Waals surface area contributed by atoms with Gasteiger partial charge in [-0.1, -0.05) is 31.2 Å². The smallest absolute Gasteiger partial charge is 0.214 e. The summed E-state index contributed by atoms with van der Waals surface area (Å²) in [6, 6.07) is 11.6. The molecule has 0 radical (unpaired) electrons. The van der Waals surface area contributed by atoms with Crippen LogP contribution < -0.4 is 5.43 Å². The van der Waals surface area contributed by atoms with Crippen molar-refractivity contribution in [2.75, 3.05) is 5.43 Å². The summed E-state index contributed by atoms with van der Waals surface area (Å²) in [4.78, 5) is 0. The molecular weight excluding hydrogens is 336 g/mol. The van der Waals surface area contributed by atoms with E-state index in [9.17, 15) is 5.11 Å². The number of hydrogen-bond acceptors (Lipinski definition) is 5. The van der Waals surface area contributed by atoms with Gasteiger partial charge in [0.1, 0.15) is 11.5 Å². The third-order valence-corrected chi connectivity index (χ3v) is 4.24. The standard InChI is InChI=1S/C18H22N4O2S/c1-3-4-17-20-21-18(25)22(17)19-11-15-9-10-16(24-15)14-7-5-13(6-8-14)12(2)23/h5-10,12,19,23H,3-4,11H2,1-2H3,(H,21,25)/t12-/m1/s1. The fourth-order valence-electron chi connectivity index (χ4n) is 2.59. The van der Waals surface area contributed by atoms with E-state index in [0.29, 0.717) is 11.3 Å². The highest BCUT2D eigenvalue weighted by molar-refractivity contribution is 7.71. The van der Waals surface area contributed by atoms with Crippen LogP contribution in [0.2, 0.25) is 0 Å². The van der Waals surface area contributed by atoms with Crippen molar-refractivity contribution in [1.82, 2.24) is 14.9 Å². The Balaban J connectivity index is 1.70. The number of aromatic nitrogens is 3. The zero-order chi connectivity index (χ0) is 17.8. The highest BCUT2D eigenvalue weighted by atomic mass is 32.1. The second-order valence-corrected chi connectivity index (χ2v) is 6.32. The summed E-state index contributed by atoms with van der Waals surface area (Å²) in [5.41, 5.74) is 5.10. The first-order valence-corrected chi connectivity index (χ1v) is 8.76. The Morgan fingerprint density at radius 2 is 2.04 bits per heavy atom.